The number of rotatable bonds is 3. The molecule has 1 nitrogen and oxygen atoms in total. The van der Waals surface area contributed by atoms with E-state index in [1.165, 1.54) is 0 Å². The quantitative estimate of drug-likeness (QED) is 0.432. The molecule has 0 aliphatic rings. The van der Waals surface area contributed by atoms with Gasteiger partial charge in [-0.25, -0.2) is 0 Å². The first-order chi connectivity index (χ1) is 11.8. The van der Waals surface area contributed by atoms with E-state index in [9.17, 15) is 0 Å². The van der Waals surface area contributed by atoms with Gasteiger partial charge in [-0.1, -0.05) is 103 Å². The Bertz CT molecular complexity index is 941. The van der Waals surface area contributed by atoms with E-state index in [1.807, 2.05) is 54.6 Å². The van der Waals surface area contributed by atoms with Crippen LogP contribution in [0.2, 0.25) is 5.02 Å². The predicted molar refractivity (Wildman–Crippen MR) is 102 cm³/mol. The minimum atomic E-state index is 0.756. The molecule has 0 saturated heterocycles. The summed E-state index contributed by atoms with van der Waals surface area (Å²) in [4.78, 5) is 3.55. The fourth-order valence-electron chi connectivity index (χ4n) is 2.98. The second kappa shape index (κ2) is 6.38. The van der Waals surface area contributed by atoms with Crippen molar-refractivity contribution >= 4 is 11.6 Å². The molecule has 0 radical (unpaired) electrons. The normalized spacial score (nSPS) is 10.7. The Morgan fingerprint density at radius 3 is 1.42 bits per heavy atom. The molecular weight excluding hydrogens is 314 g/mol. The largest absolute Gasteiger partial charge is 0.353 e. The highest BCUT2D eigenvalue weighted by Gasteiger charge is 2.19. The summed E-state index contributed by atoms with van der Waals surface area (Å²) in [6.07, 6.45) is 0. The Hall–Kier alpha value is -2.77. The van der Waals surface area contributed by atoms with Gasteiger partial charge in [0.2, 0.25) is 0 Å². The van der Waals surface area contributed by atoms with E-state index in [2.05, 4.69) is 41.4 Å². The maximum absolute atomic E-state index is 6.82. The Morgan fingerprint density at radius 2 is 0.917 bits per heavy atom. The van der Waals surface area contributed by atoms with Crippen LogP contribution in [0.1, 0.15) is 0 Å². The number of nitrogens with one attached hydrogen (secondary N) is 1. The molecule has 1 heterocycles. The monoisotopic (exact) mass is 329 g/mol. The van der Waals surface area contributed by atoms with E-state index in [4.69, 9.17) is 11.6 Å². The fraction of sp³-hybridized carbons (Fsp3) is 0. The Labute approximate surface area is 146 Å². The van der Waals surface area contributed by atoms with Gasteiger partial charge < -0.3 is 4.98 Å². The molecule has 0 aliphatic heterocycles. The van der Waals surface area contributed by atoms with Gasteiger partial charge in [-0.2, -0.15) is 0 Å². The van der Waals surface area contributed by atoms with Crippen LogP contribution in [0.5, 0.6) is 0 Å². The van der Waals surface area contributed by atoms with Crippen LogP contribution < -0.4 is 0 Å². The zero-order valence-electron chi connectivity index (χ0n) is 13.0. The fourth-order valence-corrected chi connectivity index (χ4v) is 3.34. The average molecular weight is 330 g/mol. The first kappa shape index (κ1) is 14.8. The van der Waals surface area contributed by atoms with Gasteiger partial charge in [-0.05, 0) is 16.7 Å². The standard InChI is InChI=1S/C22H16ClN/c23-20-19(16-10-4-1-5-11-16)21(17-12-6-2-7-13-17)24-22(20)18-14-8-3-9-15-18/h1-15,24H. The lowest BCUT2D eigenvalue weighted by Crippen LogP contribution is -1.82. The zero-order chi connectivity index (χ0) is 16.4. The topological polar surface area (TPSA) is 15.8 Å². The number of aromatic amines is 1. The highest BCUT2D eigenvalue weighted by atomic mass is 35.5. The van der Waals surface area contributed by atoms with E-state index in [1.54, 1.807) is 0 Å². The van der Waals surface area contributed by atoms with E-state index < -0.39 is 0 Å². The Balaban J connectivity index is 1.99. The summed E-state index contributed by atoms with van der Waals surface area (Å²) in [5.41, 5.74) is 6.37. The highest BCUT2D eigenvalue weighted by Crippen LogP contribution is 2.43. The van der Waals surface area contributed by atoms with Gasteiger partial charge in [0.15, 0.2) is 0 Å². The van der Waals surface area contributed by atoms with Crippen LogP contribution in [0.15, 0.2) is 91.0 Å². The van der Waals surface area contributed by atoms with Gasteiger partial charge in [-0.15, -0.1) is 0 Å². The molecule has 116 valence electrons. The smallest absolute Gasteiger partial charge is 0.0746 e. The molecule has 0 spiro atoms. The number of hydrogen-bond acceptors (Lipinski definition) is 0. The van der Waals surface area contributed by atoms with Crippen LogP contribution in [0, 0.1) is 0 Å². The number of halogens is 1. The molecule has 24 heavy (non-hydrogen) atoms. The first-order valence-electron chi connectivity index (χ1n) is 7.92. The third-order valence-corrected chi connectivity index (χ3v) is 4.50. The summed E-state index contributed by atoms with van der Waals surface area (Å²) in [5.74, 6) is 0. The second-order valence-electron chi connectivity index (χ2n) is 5.66. The van der Waals surface area contributed by atoms with Crippen molar-refractivity contribution in [2.24, 2.45) is 0 Å². The second-order valence-corrected chi connectivity index (χ2v) is 6.04. The molecule has 0 amide bonds. The van der Waals surface area contributed by atoms with E-state index in [-0.39, 0.29) is 0 Å². The summed E-state index contributed by atoms with van der Waals surface area (Å²) >= 11 is 6.82. The Morgan fingerprint density at radius 1 is 0.500 bits per heavy atom. The van der Waals surface area contributed by atoms with Gasteiger partial charge in [-0.3, -0.25) is 0 Å². The predicted octanol–water partition coefficient (Wildman–Crippen LogP) is 6.67. The van der Waals surface area contributed by atoms with Crippen molar-refractivity contribution in [1.29, 1.82) is 0 Å². The van der Waals surface area contributed by atoms with Gasteiger partial charge in [0, 0.05) is 5.56 Å². The van der Waals surface area contributed by atoms with Gasteiger partial charge in [0.25, 0.3) is 0 Å². The van der Waals surface area contributed by atoms with Crippen molar-refractivity contribution in [2.45, 2.75) is 0 Å². The maximum Gasteiger partial charge on any atom is 0.0746 e. The summed E-state index contributed by atoms with van der Waals surface area (Å²) in [6, 6.07) is 30.8. The van der Waals surface area contributed by atoms with Crippen molar-refractivity contribution < 1.29 is 0 Å². The van der Waals surface area contributed by atoms with Crippen LogP contribution in [0.3, 0.4) is 0 Å². The van der Waals surface area contributed by atoms with Gasteiger partial charge >= 0.3 is 0 Å². The maximum atomic E-state index is 6.82. The van der Waals surface area contributed by atoms with Gasteiger partial charge in [0.05, 0.1) is 16.4 Å². The van der Waals surface area contributed by atoms with Crippen LogP contribution in [0.25, 0.3) is 33.6 Å². The molecule has 0 saturated carbocycles. The lowest BCUT2D eigenvalue weighted by Gasteiger charge is -2.05. The summed E-state index contributed by atoms with van der Waals surface area (Å²) < 4.78 is 0. The minimum Gasteiger partial charge on any atom is -0.353 e. The molecule has 2 heteroatoms. The molecule has 1 aromatic heterocycles. The van der Waals surface area contributed by atoms with E-state index in [0.717, 1.165) is 38.7 Å². The summed E-state index contributed by atoms with van der Waals surface area (Å²) in [7, 11) is 0. The molecular formula is C22H16ClN. The molecule has 0 aliphatic carbocycles. The van der Waals surface area contributed by atoms with Crippen molar-refractivity contribution in [2.75, 3.05) is 0 Å². The molecule has 1 N–H and O–H groups in total. The molecule has 4 rings (SSSR count). The zero-order valence-corrected chi connectivity index (χ0v) is 13.8. The van der Waals surface area contributed by atoms with Crippen LogP contribution in [0.4, 0.5) is 0 Å². The van der Waals surface area contributed by atoms with Crippen molar-refractivity contribution in [3.8, 4) is 33.6 Å². The van der Waals surface area contributed by atoms with Crippen LogP contribution >= 0.6 is 11.6 Å². The van der Waals surface area contributed by atoms with Crippen LogP contribution in [-0.4, -0.2) is 4.98 Å². The number of hydrogen-bond donors (Lipinski definition) is 1. The van der Waals surface area contributed by atoms with Crippen molar-refractivity contribution in [3.63, 3.8) is 0 Å². The van der Waals surface area contributed by atoms with E-state index >= 15 is 0 Å². The van der Waals surface area contributed by atoms with E-state index in [0.29, 0.717) is 0 Å². The molecule has 0 bridgehead atoms. The SMILES string of the molecule is Clc1c(-c2ccccc2)[nH]c(-c2ccccc2)c1-c1ccccc1. The average Bonchev–Trinajstić information content (AvgIpc) is 3.01. The highest BCUT2D eigenvalue weighted by molar-refractivity contribution is 6.37. The minimum absolute atomic E-state index is 0.756. The number of H-pyrrole nitrogens is 1. The summed E-state index contributed by atoms with van der Waals surface area (Å²) in [5, 5.41) is 0.756. The summed E-state index contributed by atoms with van der Waals surface area (Å²) in [6.45, 7) is 0. The molecule has 0 fully saturated rings. The lowest BCUT2D eigenvalue weighted by atomic mass is 10.0. The molecule has 3 aromatic carbocycles. The van der Waals surface area contributed by atoms with Crippen LogP contribution in [-0.2, 0) is 0 Å². The third-order valence-electron chi connectivity index (χ3n) is 4.13. The number of benzene rings is 3. The molecule has 0 unspecified atom stereocenters. The Kier molecular flexibility index (Phi) is 3.94. The lowest BCUT2D eigenvalue weighted by molar-refractivity contribution is 1.39. The third kappa shape index (κ3) is 2.64. The first-order valence-corrected chi connectivity index (χ1v) is 8.30. The molecule has 4 aromatic rings. The molecule has 0 atom stereocenters. The van der Waals surface area contributed by atoms with Crippen molar-refractivity contribution in [1.82, 2.24) is 4.98 Å². The van der Waals surface area contributed by atoms with Crippen molar-refractivity contribution in [3.05, 3.63) is 96.0 Å². The van der Waals surface area contributed by atoms with Gasteiger partial charge in [0.1, 0.15) is 0 Å². The number of aromatic nitrogens is 1.